The lowest BCUT2D eigenvalue weighted by atomic mass is 9.92. The van der Waals surface area contributed by atoms with Crippen LogP contribution in [0.1, 0.15) is 0 Å². The second-order valence-electron chi connectivity index (χ2n) is 13.1. The zero-order valence-electron chi connectivity index (χ0n) is 28.1. The molecule has 2 aromatic heterocycles. The average Bonchev–Trinajstić information content (AvgIpc) is 3.23. The van der Waals surface area contributed by atoms with E-state index in [1.165, 1.54) is 26.9 Å². The summed E-state index contributed by atoms with van der Waals surface area (Å²) in [4.78, 5) is 20.4. The van der Waals surface area contributed by atoms with Gasteiger partial charge in [0, 0.05) is 34.5 Å². The highest BCUT2D eigenvalue weighted by atomic mass is 15.0. The summed E-state index contributed by atoms with van der Waals surface area (Å²) >= 11 is 0. The number of aromatic nitrogens is 4. The highest BCUT2D eigenvalue weighted by Crippen LogP contribution is 2.38. The molecule has 10 rings (SSSR count). The molecule has 8 aromatic carbocycles. The molecular weight excluding hydrogens is 633 g/mol. The van der Waals surface area contributed by atoms with Gasteiger partial charge in [-0.25, -0.2) is 15.0 Å². The number of benzene rings is 8. The minimum Gasteiger partial charge on any atom is -0.263 e. The van der Waals surface area contributed by atoms with Gasteiger partial charge in [0.1, 0.15) is 0 Å². The molecule has 0 unspecified atom stereocenters. The SMILES string of the molecule is c1ccc(-c2ccc(-c3nc(-c4ccc5ccccc5c4)nc(-c4cncc5c4ccc4ccc6ccccc6c45)n3)cc2-c2ccccc2)cc1. The molecule has 10 aromatic rings. The van der Waals surface area contributed by atoms with Gasteiger partial charge in [-0.2, -0.15) is 0 Å². The third kappa shape index (κ3) is 5.17. The molecule has 52 heavy (non-hydrogen) atoms. The van der Waals surface area contributed by atoms with Crippen molar-refractivity contribution < 1.29 is 0 Å². The third-order valence-electron chi connectivity index (χ3n) is 9.98. The molecule has 0 aliphatic carbocycles. The van der Waals surface area contributed by atoms with Crippen molar-refractivity contribution >= 4 is 43.1 Å². The second-order valence-corrected chi connectivity index (χ2v) is 13.1. The first-order valence-electron chi connectivity index (χ1n) is 17.5. The quantitative estimate of drug-likeness (QED) is 0.172. The van der Waals surface area contributed by atoms with Crippen LogP contribution >= 0.6 is 0 Å². The lowest BCUT2D eigenvalue weighted by Crippen LogP contribution is -2.01. The van der Waals surface area contributed by atoms with Crippen molar-refractivity contribution in [3.8, 4) is 56.4 Å². The van der Waals surface area contributed by atoms with Crippen LogP contribution in [-0.4, -0.2) is 19.9 Å². The summed E-state index contributed by atoms with van der Waals surface area (Å²) in [7, 11) is 0. The number of fused-ring (bicyclic) bond motifs is 6. The Hall–Kier alpha value is -7.04. The lowest BCUT2D eigenvalue weighted by molar-refractivity contribution is 1.07. The van der Waals surface area contributed by atoms with Crippen LogP contribution in [0.15, 0.2) is 182 Å². The van der Waals surface area contributed by atoms with E-state index < -0.39 is 0 Å². The van der Waals surface area contributed by atoms with E-state index >= 15 is 0 Å². The highest BCUT2D eigenvalue weighted by molar-refractivity contribution is 6.21. The topological polar surface area (TPSA) is 51.6 Å². The molecule has 0 saturated carbocycles. The van der Waals surface area contributed by atoms with Crippen molar-refractivity contribution in [2.75, 3.05) is 0 Å². The molecule has 2 heterocycles. The number of hydrogen-bond donors (Lipinski definition) is 0. The molecule has 0 bridgehead atoms. The maximum atomic E-state index is 5.23. The Morgan fingerprint density at radius 1 is 0.288 bits per heavy atom. The largest absolute Gasteiger partial charge is 0.263 e. The van der Waals surface area contributed by atoms with Crippen LogP contribution in [0.4, 0.5) is 0 Å². The van der Waals surface area contributed by atoms with Crippen LogP contribution in [0.5, 0.6) is 0 Å². The molecule has 0 saturated heterocycles. The molecule has 0 N–H and O–H groups in total. The Bertz CT molecular complexity index is 2960. The van der Waals surface area contributed by atoms with Crippen molar-refractivity contribution in [3.05, 3.63) is 182 Å². The molecule has 0 aliphatic rings. The average molecular weight is 663 g/mol. The molecular formula is C48H30N4. The predicted octanol–water partition coefficient (Wildman–Crippen LogP) is 12.2. The van der Waals surface area contributed by atoms with Gasteiger partial charge in [0.05, 0.1) is 0 Å². The van der Waals surface area contributed by atoms with Gasteiger partial charge in [0.2, 0.25) is 0 Å². The van der Waals surface area contributed by atoms with Gasteiger partial charge in [-0.15, -0.1) is 0 Å². The van der Waals surface area contributed by atoms with Crippen LogP contribution in [-0.2, 0) is 0 Å². The third-order valence-corrected chi connectivity index (χ3v) is 9.98. The standard InChI is InChI=1S/C48H30N4/c1-3-12-32(13-4-1)39-25-24-38(28-42(39)33-14-5-2-6-15-33)47-50-46(37-22-19-31-11-7-8-17-36(31)27-37)51-48(52-47)44-30-49-29-43-41(44)26-23-35-21-20-34-16-9-10-18-40(34)45(35)43/h1-30H. The zero-order valence-corrected chi connectivity index (χ0v) is 28.1. The van der Waals surface area contributed by atoms with E-state index in [4.69, 9.17) is 19.9 Å². The fourth-order valence-electron chi connectivity index (χ4n) is 7.42. The van der Waals surface area contributed by atoms with Crippen molar-refractivity contribution in [1.29, 1.82) is 0 Å². The first kappa shape index (κ1) is 29.8. The Kier molecular flexibility index (Phi) is 7.10. The number of rotatable bonds is 5. The Balaban J connectivity index is 1.22. The first-order chi connectivity index (χ1) is 25.8. The summed E-state index contributed by atoms with van der Waals surface area (Å²) in [5.41, 5.74) is 7.25. The van der Waals surface area contributed by atoms with Gasteiger partial charge in [-0.3, -0.25) is 4.98 Å². The summed E-state index contributed by atoms with van der Waals surface area (Å²) in [6, 6.07) is 59.6. The number of pyridine rings is 1. The molecule has 4 nitrogen and oxygen atoms in total. The zero-order chi connectivity index (χ0) is 34.4. The molecule has 0 atom stereocenters. The van der Waals surface area contributed by atoms with Crippen LogP contribution < -0.4 is 0 Å². The molecule has 0 amide bonds. The lowest BCUT2D eigenvalue weighted by Gasteiger charge is -2.14. The van der Waals surface area contributed by atoms with Crippen LogP contribution in [0.3, 0.4) is 0 Å². The second kappa shape index (κ2) is 12.4. The number of hydrogen-bond acceptors (Lipinski definition) is 4. The van der Waals surface area contributed by atoms with E-state index in [0.29, 0.717) is 17.5 Å². The van der Waals surface area contributed by atoms with Gasteiger partial charge in [-0.05, 0) is 72.1 Å². The van der Waals surface area contributed by atoms with Crippen LogP contribution in [0.25, 0.3) is 99.5 Å². The van der Waals surface area contributed by atoms with Gasteiger partial charge in [0.25, 0.3) is 0 Å². The van der Waals surface area contributed by atoms with Gasteiger partial charge >= 0.3 is 0 Å². The smallest absolute Gasteiger partial charge is 0.166 e. The maximum Gasteiger partial charge on any atom is 0.166 e. The Labute approximate surface area is 300 Å². The highest BCUT2D eigenvalue weighted by Gasteiger charge is 2.18. The minimum absolute atomic E-state index is 0.583. The van der Waals surface area contributed by atoms with Gasteiger partial charge in [-0.1, -0.05) is 158 Å². The summed E-state index contributed by atoms with van der Waals surface area (Å²) in [6.07, 6.45) is 3.85. The summed E-state index contributed by atoms with van der Waals surface area (Å²) in [6.45, 7) is 0. The Morgan fingerprint density at radius 2 is 0.865 bits per heavy atom. The predicted molar refractivity (Wildman–Crippen MR) is 215 cm³/mol. The summed E-state index contributed by atoms with van der Waals surface area (Å²) in [5.74, 6) is 1.80. The maximum absolute atomic E-state index is 5.23. The van der Waals surface area contributed by atoms with E-state index in [1.807, 2.05) is 24.5 Å². The van der Waals surface area contributed by atoms with Crippen molar-refractivity contribution in [1.82, 2.24) is 19.9 Å². The van der Waals surface area contributed by atoms with Gasteiger partial charge in [0.15, 0.2) is 17.5 Å². The van der Waals surface area contributed by atoms with E-state index in [0.717, 1.165) is 55.1 Å². The Morgan fingerprint density at radius 3 is 1.65 bits per heavy atom. The van der Waals surface area contributed by atoms with Gasteiger partial charge < -0.3 is 0 Å². The normalized spacial score (nSPS) is 11.5. The van der Waals surface area contributed by atoms with E-state index in [1.54, 1.807) is 0 Å². The van der Waals surface area contributed by atoms with Crippen molar-refractivity contribution in [2.45, 2.75) is 0 Å². The molecule has 0 radical (unpaired) electrons. The molecule has 0 aliphatic heterocycles. The molecule has 0 spiro atoms. The monoisotopic (exact) mass is 662 g/mol. The minimum atomic E-state index is 0.583. The molecule has 242 valence electrons. The van der Waals surface area contributed by atoms with E-state index in [2.05, 4.69) is 158 Å². The summed E-state index contributed by atoms with van der Waals surface area (Å²) in [5, 5.41) is 9.16. The van der Waals surface area contributed by atoms with E-state index in [-0.39, 0.29) is 0 Å². The fourth-order valence-corrected chi connectivity index (χ4v) is 7.42. The number of nitrogens with zero attached hydrogens (tertiary/aromatic N) is 4. The molecule has 4 heteroatoms. The fraction of sp³-hybridized carbons (Fsp3) is 0. The summed E-state index contributed by atoms with van der Waals surface area (Å²) < 4.78 is 0. The van der Waals surface area contributed by atoms with E-state index in [9.17, 15) is 0 Å². The first-order valence-corrected chi connectivity index (χ1v) is 17.5. The van der Waals surface area contributed by atoms with Crippen molar-refractivity contribution in [2.24, 2.45) is 0 Å². The van der Waals surface area contributed by atoms with Crippen molar-refractivity contribution in [3.63, 3.8) is 0 Å². The van der Waals surface area contributed by atoms with Crippen LogP contribution in [0.2, 0.25) is 0 Å². The molecule has 0 fully saturated rings. The van der Waals surface area contributed by atoms with Crippen LogP contribution in [0, 0.1) is 0 Å².